The Labute approximate surface area is 294 Å². The molecule has 11 rings (SSSR count). The number of imidazole rings is 1. The molecule has 0 fully saturated rings. The first-order valence-electron chi connectivity index (χ1n) is 17.5. The summed E-state index contributed by atoms with van der Waals surface area (Å²) >= 11 is 0. The molecule has 0 radical (unpaired) electrons. The molecular weight excluding hydrogens is 617 g/mol. The van der Waals surface area contributed by atoms with Crippen LogP contribution in [0.1, 0.15) is 0 Å². The van der Waals surface area contributed by atoms with E-state index in [1.807, 2.05) is 0 Å². The Hall–Kier alpha value is -6.77. The lowest BCUT2D eigenvalue weighted by molar-refractivity contribution is 1.10. The van der Waals surface area contributed by atoms with Crippen molar-refractivity contribution in [1.82, 2.24) is 9.55 Å². The van der Waals surface area contributed by atoms with E-state index in [2.05, 4.69) is 187 Å². The topological polar surface area (TPSA) is 17.8 Å². The van der Waals surface area contributed by atoms with Crippen LogP contribution in [0.25, 0.3) is 104 Å². The summed E-state index contributed by atoms with van der Waals surface area (Å²) in [6.07, 6.45) is 0. The zero-order valence-electron chi connectivity index (χ0n) is 27.7. The van der Waals surface area contributed by atoms with E-state index in [1.54, 1.807) is 0 Å². The third-order valence-electron chi connectivity index (χ3n) is 10.7. The van der Waals surface area contributed by atoms with Crippen molar-refractivity contribution in [3.8, 4) is 39.3 Å². The summed E-state index contributed by atoms with van der Waals surface area (Å²) in [6.45, 7) is 0. The van der Waals surface area contributed by atoms with Gasteiger partial charge in [0.1, 0.15) is 5.82 Å². The lowest BCUT2D eigenvalue weighted by atomic mass is 9.89. The first-order valence-corrected chi connectivity index (χ1v) is 17.5. The highest BCUT2D eigenvalue weighted by Crippen LogP contribution is 2.40. The van der Waals surface area contributed by atoms with E-state index in [-0.39, 0.29) is 0 Å². The van der Waals surface area contributed by atoms with Gasteiger partial charge in [-0.3, -0.25) is 4.57 Å². The highest BCUT2D eigenvalue weighted by Gasteiger charge is 2.16. The zero-order chi connectivity index (χ0) is 33.5. The van der Waals surface area contributed by atoms with Crippen molar-refractivity contribution in [3.63, 3.8) is 0 Å². The Balaban J connectivity index is 0.957. The van der Waals surface area contributed by atoms with Gasteiger partial charge < -0.3 is 0 Å². The Morgan fingerprint density at radius 3 is 1.61 bits per heavy atom. The number of nitrogens with zero attached hydrogens (tertiary/aromatic N) is 2. The monoisotopic (exact) mass is 646 g/mol. The summed E-state index contributed by atoms with van der Waals surface area (Å²) in [7, 11) is 0. The van der Waals surface area contributed by atoms with Crippen LogP contribution in [0.3, 0.4) is 0 Å². The van der Waals surface area contributed by atoms with Crippen molar-refractivity contribution in [2.45, 2.75) is 0 Å². The van der Waals surface area contributed by atoms with Crippen LogP contribution in [0, 0.1) is 0 Å². The van der Waals surface area contributed by atoms with Crippen molar-refractivity contribution in [1.29, 1.82) is 0 Å². The van der Waals surface area contributed by atoms with Crippen LogP contribution >= 0.6 is 0 Å². The fraction of sp³-hybridized carbons (Fsp3) is 0. The second-order valence-electron chi connectivity index (χ2n) is 13.6. The molecule has 11 aromatic rings. The fourth-order valence-electron chi connectivity index (χ4n) is 8.20. The molecule has 0 atom stereocenters. The van der Waals surface area contributed by atoms with Gasteiger partial charge in [0.25, 0.3) is 0 Å². The molecule has 0 saturated heterocycles. The van der Waals surface area contributed by atoms with Crippen molar-refractivity contribution >= 4 is 64.9 Å². The number of aromatic nitrogens is 2. The van der Waals surface area contributed by atoms with Gasteiger partial charge in [-0.2, -0.15) is 0 Å². The minimum atomic E-state index is 0.948. The maximum absolute atomic E-state index is 5.08. The van der Waals surface area contributed by atoms with E-state index in [0.29, 0.717) is 0 Å². The van der Waals surface area contributed by atoms with E-state index in [9.17, 15) is 0 Å². The minimum absolute atomic E-state index is 0.948. The van der Waals surface area contributed by atoms with Crippen LogP contribution in [-0.2, 0) is 0 Å². The highest BCUT2D eigenvalue weighted by molar-refractivity contribution is 6.25. The molecule has 51 heavy (non-hydrogen) atoms. The van der Waals surface area contributed by atoms with Crippen LogP contribution in [0.2, 0.25) is 0 Å². The third kappa shape index (κ3) is 4.40. The minimum Gasteiger partial charge on any atom is -0.292 e. The van der Waals surface area contributed by atoms with Gasteiger partial charge in [0.15, 0.2) is 0 Å². The fourth-order valence-corrected chi connectivity index (χ4v) is 8.20. The largest absolute Gasteiger partial charge is 0.292 e. The van der Waals surface area contributed by atoms with Gasteiger partial charge in [-0.1, -0.05) is 133 Å². The molecule has 0 aliphatic heterocycles. The maximum Gasteiger partial charge on any atom is 0.145 e. The molecule has 1 heterocycles. The molecule has 0 bridgehead atoms. The maximum atomic E-state index is 5.08. The molecule has 0 unspecified atom stereocenters. The number of fused-ring (bicyclic) bond motifs is 3. The molecule has 0 saturated carbocycles. The van der Waals surface area contributed by atoms with Crippen LogP contribution < -0.4 is 0 Å². The summed E-state index contributed by atoms with van der Waals surface area (Å²) in [5.41, 5.74) is 9.26. The van der Waals surface area contributed by atoms with Crippen LogP contribution in [0.15, 0.2) is 182 Å². The van der Waals surface area contributed by atoms with Gasteiger partial charge in [0.05, 0.1) is 11.0 Å². The molecule has 2 nitrogen and oxygen atoms in total. The third-order valence-corrected chi connectivity index (χ3v) is 10.7. The molecule has 0 aliphatic rings. The highest BCUT2D eigenvalue weighted by atomic mass is 15.1. The normalized spacial score (nSPS) is 11.9. The van der Waals surface area contributed by atoms with E-state index in [4.69, 9.17) is 4.98 Å². The van der Waals surface area contributed by atoms with Gasteiger partial charge in [-0.25, -0.2) is 4.98 Å². The van der Waals surface area contributed by atoms with E-state index in [0.717, 1.165) is 28.1 Å². The number of hydrogen-bond acceptors (Lipinski definition) is 1. The Morgan fingerprint density at radius 1 is 0.353 bits per heavy atom. The predicted molar refractivity (Wildman–Crippen MR) is 216 cm³/mol. The SMILES string of the molecule is c1ccc(-n2c(-c3ccc4cc(-c5ccc6cc(-c7ccc8ccc9cccc%10ccc7c8c9%10)ccc6c5)ccc4c3)nc3ccccc32)cc1. The smallest absolute Gasteiger partial charge is 0.145 e. The molecule has 0 spiro atoms. The summed E-state index contributed by atoms with van der Waals surface area (Å²) in [5, 5.41) is 12.8. The molecule has 2 heteroatoms. The van der Waals surface area contributed by atoms with E-state index < -0.39 is 0 Å². The second kappa shape index (κ2) is 10.9. The summed E-state index contributed by atoms with van der Waals surface area (Å²) in [5.74, 6) is 0.948. The zero-order valence-corrected chi connectivity index (χ0v) is 27.7. The summed E-state index contributed by atoms with van der Waals surface area (Å²) < 4.78 is 2.26. The molecule has 0 aliphatic carbocycles. The summed E-state index contributed by atoms with van der Waals surface area (Å²) in [4.78, 5) is 5.08. The van der Waals surface area contributed by atoms with Crippen molar-refractivity contribution in [2.24, 2.45) is 0 Å². The number of benzene rings is 10. The molecule has 0 amide bonds. The van der Waals surface area contributed by atoms with Crippen LogP contribution in [0.5, 0.6) is 0 Å². The Kier molecular flexibility index (Phi) is 5.99. The lowest BCUT2D eigenvalue weighted by Crippen LogP contribution is -1.97. The van der Waals surface area contributed by atoms with Gasteiger partial charge in [0.2, 0.25) is 0 Å². The predicted octanol–water partition coefficient (Wildman–Crippen LogP) is 13.2. The van der Waals surface area contributed by atoms with Gasteiger partial charge in [0, 0.05) is 11.3 Å². The standard InChI is InChI=1S/C49H30N2/c1-2-9-42(10-3-1)51-46-12-5-4-11-45(46)50-49(51)41-22-20-37-28-35(16-18-39(37)30-41)34-15-17-38-29-40(21-19-36(38)27-34)43-25-23-33-14-13-31-7-6-8-32-24-26-44(43)48(33)47(31)32/h1-30H. The molecule has 0 N–H and O–H groups in total. The number of rotatable bonds is 4. The molecule has 236 valence electrons. The average Bonchev–Trinajstić information content (AvgIpc) is 3.59. The Morgan fingerprint density at radius 2 is 0.882 bits per heavy atom. The van der Waals surface area contributed by atoms with Crippen molar-refractivity contribution < 1.29 is 0 Å². The van der Waals surface area contributed by atoms with Gasteiger partial charge in [-0.05, 0) is 125 Å². The molecular formula is C49H30N2. The van der Waals surface area contributed by atoms with E-state index in [1.165, 1.54) is 76.1 Å². The van der Waals surface area contributed by atoms with Gasteiger partial charge in [-0.15, -0.1) is 0 Å². The van der Waals surface area contributed by atoms with Crippen LogP contribution in [0.4, 0.5) is 0 Å². The van der Waals surface area contributed by atoms with Crippen LogP contribution in [-0.4, -0.2) is 9.55 Å². The first kappa shape index (κ1) is 28.1. The quantitative estimate of drug-likeness (QED) is 0.174. The Bertz CT molecular complexity index is 3120. The number of hydrogen-bond donors (Lipinski definition) is 0. The first-order chi connectivity index (χ1) is 25.2. The van der Waals surface area contributed by atoms with Gasteiger partial charge >= 0.3 is 0 Å². The van der Waals surface area contributed by atoms with Crippen molar-refractivity contribution in [2.75, 3.05) is 0 Å². The molecule has 1 aromatic heterocycles. The summed E-state index contributed by atoms with van der Waals surface area (Å²) in [6, 6.07) is 66.3. The second-order valence-corrected chi connectivity index (χ2v) is 13.6. The van der Waals surface area contributed by atoms with E-state index >= 15 is 0 Å². The lowest BCUT2D eigenvalue weighted by Gasteiger charge is -2.14. The van der Waals surface area contributed by atoms with Crippen molar-refractivity contribution in [3.05, 3.63) is 182 Å². The molecule has 10 aromatic carbocycles. The average molecular weight is 647 g/mol. The number of para-hydroxylation sites is 3.